The van der Waals surface area contributed by atoms with Gasteiger partial charge in [-0.05, 0) is 17.1 Å². The third-order valence-corrected chi connectivity index (χ3v) is 5.01. The van der Waals surface area contributed by atoms with Crippen LogP contribution in [0.1, 0.15) is 6.42 Å². The monoisotopic (exact) mass is 357 g/mol. The van der Waals surface area contributed by atoms with E-state index < -0.39 is 11.5 Å². The third kappa shape index (κ3) is 1.85. The van der Waals surface area contributed by atoms with Gasteiger partial charge in [-0.2, -0.15) is 0 Å². The lowest BCUT2D eigenvalue weighted by Gasteiger charge is -2.16. The standard InChI is InChI=1S/C14H15N9O3/c1-16-10-6-11(20-13(19-10)21-22-15)23(4-18-6)7-5-3-14(5,12(26)17-2)9(25)8(7)24/h4-5,9,24-25H,3H2,1-2H3,(H,17,26)(H,16,19,20)/t5?,9-,14?/m0/s1. The minimum Gasteiger partial charge on any atom is -0.508 e. The zero-order valence-corrected chi connectivity index (χ0v) is 13.9. The fourth-order valence-electron chi connectivity index (χ4n) is 3.71. The highest BCUT2D eigenvalue weighted by Gasteiger charge is 2.72. The number of hydrogen-bond donors (Lipinski definition) is 4. The average Bonchev–Trinajstić information content (AvgIpc) is 3.18. The number of carbonyl (C=O) groups is 1. The van der Waals surface area contributed by atoms with Crippen LogP contribution in [-0.2, 0) is 4.79 Å². The highest BCUT2D eigenvalue weighted by atomic mass is 16.3. The maximum Gasteiger partial charge on any atom is 0.229 e. The van der Waals surface area contributed by atoms with Crippen molar-refractivity contribution in [1.82, 2.24) is 24.8 Å². The Morgan fingerprint density at radius 1 is 1.50 bits per heavy atom. The normalized spacial score (nSPS) is 26.4. The molecule has 134 valence electrons. The SMILES string of the molecule is CNC(=O)C12CC1C(n1cnc3c(NC)nc(N=[N+]=[N-])nc31)=C(O)[C@@H]2O. The van der Waals surface area contributed by atoms with E-state index in [2.05, 4.69) is 35.6 Å². The second-order valence-corrected chi connectivity index (χ2v) is 6.15. The molecule has 26 heavy (non-hydrogen) atoms. The number of carbonyl (C=O) groups excluding carboxylic acids is 1. The molecule has 4 N–H and O–H groups in total. The quantitative estimate of drug-likeness (QED) is 0.353. The molecule has 12 heteroatoms. The summed E-state index contributed by atoms with van der Waals surface area (Å²) in [6.07, 6.45) is 0.526. The van der Waals surface area contributed by atoms with Crippen molar-refractivity contribution in [2.24, 2.45) is 16.4 Å². The maximum absolute atomic E-state index is 12.2. The number of rotatable bonds is 4. The van der Waals surface area contributed by atoms with Gasteiger partial charge in [0.05, 0.1) is 11.1 Å². The number of hydrogen-bond acceptors (Lipinski definition) is 8. The van der Waals surface area contributed by atoms with E-state index in [0.717, 1.165) is 0 Å². The van der Waals surface area contributed by atoms with Gasteiger partial charge in [-0.3, -0.25) is 9.36 Å². The van der Waals surface area contributed by atoms with Gasteiger partial charge in [-0.15, -0.1) is 0 Å². The van der Waals surface area contributed by atoms with Crippen LogP contribution in [0, 0.1) is 11.3 Å². The first-order chi connectivity index (χ1) is 12.5. The molecule has 2 aromatic rings. The maximum atomic E-state index is 12.2. The van der Waals surface area contributed by atoms with Crippen molar-refractivity contribution in [2.75, 3.05) is 19.4 Å². The van der Waals surface area contributed by atoms with Crippen molar-refractivity contribution >= 4 is 34.5 Å². The molecule has 0 spiro atoms. The number of aliphatic hydroxyl groups excluding tert-OH is 2. The lowest BCUT2D eigenvalue weighted by Crippen LogP contribution is -2.37. The highest BCUT2D eigenvalue weighted by molar-refractivity contribution is 5.94. The van der Waals surface area contributed by atoms with E-state index in [1.807, 2.05) is 0 Å². The van der Waals surface area contributed by atoms with E-state index in [0.29, 0.717) is 29.1 Å². The summed E-state index contributed by atoms with van der Waals surface area (Å²) < 4.78 is 1.50. The molecule has 1 saturated carbocycles. The van der Waals surface area contributed by atoms with Gasteiger partial charge < -0.3 is 20.8 Å². The number of azide groups is 1. The molecule has 2 heterocycles. The molecule has 0 radical (unpaired) electrons. The molecule has 0 saturated heterocycles. The van der Waals surface area contributed by atoms with Gasteiger partial charge >= 0.3 is 0 Å². The Bertz CT molecular complexity index is 1020. The Kier molecular flexibility index (Phi) is 3.29. The van der Waals surface area contributed by atoms with Crippen LogP contribution in [0.2, 0.25) is 0 Å². The first-order valence-electron chi connectivity index (χ1n) is 7.81. The molecule has 2 aromatic heterocycles. The molecule has 1 fully saturated rings. The number of imidazole rings is 1. The summed E-state index contributed by atoms with van der Waals surface area (Å²) in [7, 11) is 3.12. The van der Waals surface area contributed by atoms with Crippen LogP contribution in [-0.4, -0.2) is 55.8 Å². The lowest BCUT2D eigenvalue weighted by atomic mass is 9.99. The third-order valence-electron chi connectivity index (χ3n) is 5.01. The first kappa shape index (κ1) is 16.1. The Labute approximate surface area is 146 Å². The summed E-state index contributed by atoms with van der Waals surface area (Å²) in [6, 6.07) is 0. The van der Waals surface area contributed by atoms with E-state index in [1.165, 1.54) is 17.9 Å². The molecular weight excluding hydrogens is 342 g/mol. The van der Waals surface area contributed by atoms with Gasteiger partial charge in [0.2, 0.25) is 11.9 Å². The van der Waals surface area contributed by atoms with Gasteiger partial charge in [0.25, 0.3) is 0 Å². The molecule has 0 aliphatic heterocycles. The van der Waals surface area contributed by atoms with E-state index in [-0.39, 0.29) is 23.5 Å². The molecular formula is C14H15N9O3. The minimum atomic E-state index is -1.30. The second kappa shape index (κ2) is 5.31. The lowest BCUT2D eigenvalue weighted by molar-refractivity contribution is -0.129. The number of nitrogens with one attached hydrogen (secondary N) is 2. The van der Waals surface area contributed by atoms with E-state index in [1.54, 1.807) is 7.05 Å². The summed E-state index contributed by atoms with van der Waals surface area (Å²) in [5.74, 6) is -0.757. The largest absolute Gasteiger partial charge is 0.508 e. The van der Waals surface area contributed by atoms with Crippen molar-refractivity contribution < 1.29 is 15.0 Å². The van der Waals surface area contributed by atoms with Crippen molar-refractivity contribution in [3.8, 4) is 0 Å². The van der Waals surface area contributed by atoms with E-state index in [9.17, 15) is 15.0 Å². The second-order valence-electron chi connectivity index (χ2n) is 6.15. The van der Waals surface area contributed by atoms with Crippen LogP contribution in [0.5, 0.6) is 0 Å². The fourth-order valence-corrected chi connectivity index (χ4v) is 3.71. The van der Waals surface area contributed by atoms with Crippen molar-refractivity contribution in [3.05, 3.63) is 22.5 Å². The molecule has 0 bridgehead atoms. The van der Waals surface area contributed by atoms with Crippen molar-refractivity contribution in [3.63, 3.8) is 0 Å². The van der Waals surface area contributed by atoms with Gasteiger partial charge in [-0.1, -0.05) is 0 Å². The summed E-state index contributed by atoms with van der Waals surface area (Å²) in [6.45, 7) is 0. The predicted molar refractivity (Wildman–Crippen MR) is 90.1 cm³/mol. The van der Waals surface area contributed by atoms with Gasteiger partial charge in [0.1, 0.15) is 18.2 Å². The van der Waals surface area contributed by atoms with Crippen LogP contribution >= 0.6 is 0 Å². The summed E-state index contributed by atoms with van der Waals surface area (Å²) in [5, 5.41) is 29.7. The number of anilines is 1. The summed E-state index contributed by atoms with van der Waals surface area (Å²) in [5.41, 5.74) is 8.62. The van der Waals surface area contributed by atoms with E-state index >= 15 is 0 Å². The zero-order chi connectivity index (χ0) is 18.6. The van der Waals surface area contributed by atoms with Crippen LogP contribution < -0.4 is 10.6 Å². The Balaban J connectivity index is 1.89. The first-order valence-corrected chi connectivity index (χ1v) is 7.81. The molecule has 4 rings (SSSR count). The number of nitrogens with zero attached hydrogens (tertiary/aromatic N) is 7. The molecule has 12 nitrogen and oxygen atoms in total. The van der Waals surface area contributed by atoms with Crippen LogP contribution in [0.25, 0.3) is 27.3 Å². The highest BCUT2D eigenvalue weighted by Crippen LogP contribution is 2.66. The van der Waals surface area contributed by atoms with Crippen molar-refractivity contribution in [1.29, 1.82) is 0 Å². The predicted octanol–water partition coefficient (Wildman–Crippen LogP) is 0.663. The molecule has 2 aliphatic rings. The number of amides is 1. The number of aromatic nitrogens is 4. The summed E-state index contributed by atoms with van der Waals surface area (Å²) in [4.78, 5) is 27.4. The fraction of sp³-hybridized carbons (Fsp3) is 0.429. The van der Waals surface area contributed by atoms with Gasteiger partial charge in [0, 0.05) is 24.9 Å². The molecule has 1 amide bonds. The number of aliphatic hydroxyl groups is 2. The zero-order valence-electron chi connectivity index (χ0n) is 13.9. The number of fused-ring (bicyclic) bond motifs is 2. The Morgan fingerprint density at radius 3 is 2.92 bits per heavy atom. The molecule has 2 aliphatic carbocycles. The smallest absolute Gasteiger partial charge is 0.229 e. The van der Waals surface area contributed by atoms with E-state index in [4.69, 9.17) is 5.53 Å². The Hall–Kier alpha value is -3.37. The molecule has 3 atom stereocenters. The molecule has 0 aromatic carbocycles. The van der Waals surface area contributed by atoms with Crippen molar-refractivity contribution in [2.45, 2.75) is 12.5 Å². The van der Waals surface area contributed by atoms with Crippen LogP contribution in [0.15, 0.2) is 17.2 Å². The van der Waals surface area contributed by atoms with Crippen LogP contribution in [0.4, 0.5) is 11.8 Å². The average molecular weight is 357 g/mol. The minimum absolute atomic E-state index is 0.113. The van der Waals surface area contributed by atoms with Crippen LogP contribution in [0.3, 0.4) is 0 Å². The van der Waals surface area contributed by atoms with Gasteiger partial charge in [0.15, 0.2) is 17.0 Å². The number of allylic oxidation sites excluding steroid dienone is 1. The topological polar surface area (TPSA) is 174 Å². The Morgan fingerprint density at radius 2 is 2.27 bits per heavy atom. The summed E-state index contributed by atoms with van der Waals surface area (Å²) >= 11 is 0. The molecule has 2 unspecified atom stereocenters. The van der Waals surface area contributed by atoms with Gasteiger partial charge in [-0.25, -0.2) is 15.0 Å².